The zero-order valence-electron chi connectivity index (χ0n) is 28.3. The third-order valence-corrected chi connectivity index (χ3v) is 15.7. The summed E-state index contributed by atoms with van der Waals surface area (Å²) in [4.78, 5) is 31.0. The van der Waals surface area contributed by atoms with Crippen molar-refractivity contribution < 1.29 is 24.2 Å². The first-order valence-corrected chi connectivity index (χ1v) is 20.8. The average molecular weight is 745 g/mol. The van der Waals surface area contributed by atoms with Crippen molar-refractivity contribution >= 4 is 52.4 Å². The number of nitrogens with zero attached hydrogens (tertiary/aromatic N) is 5. The van der Waals surface area contributed by atoms with Crippen LogP contribution in [0.4, 0.5) is 11.4 Å². The summed E-state index contributed by atoms with van der Waals surface area (Å²) in [5, 5.41) is 19.2. The van der Waals surface area contributed by atoms with E-state index in [0.717, 1.165) is 38.4 Å². The number of aryl methyl sites for hydroxylation is 1. The maximum atomic E-state index is 15.1. The normalized spacial score (nSPS) is 23.3. The van der Waals surface area contributed by atoms with Crippen LogP contribution in [0.25, 0.3) is 0 Å². The smallest absolute Gasteiger partial charge is 0.264 e. The number of rotatable bonds is 11. The van der Waals surface area contributed by atoms with Crippen molar-refractivity contribution in [2.24, 2.45) is 5.92 Å². The van der Waals surface area contributed by atoms with Crippen LogP contribution in [0.1, 0.15) is 36.6 Å². The van der Waals surface area contributed by atoms with E-state index >= 15 is 4.79 Å². The number of amides is 2. The number of aromatic nitrogens is 3. The average Bonchev–Trinajstić information content (AvgIpc) is 3.73. The van der Waals surface area contributed by atoms with E-state index in [1.807, 2.05) is 64.3 Å². The van der Waals surface area contributed by atoms with Gasteiger partial charge in [-0.1, -0.05) is 70.6 Å². The zero-order chi connectivity index (χ0) is 34.5. The second-order valence-corrected chi connectivity index (χ2v) is 19.5. The Labute approximate surface area is 296 Å². The summed E-state index contributed by atoms with van der Waals surface area (Å²) in [6.07, 6.45) is 3.30. The van der Waals surface area contributed by atoms with Gasteiger partial charge >= 0.3 is 0 Å². The van der Waals surface area contributed by atoms with Crippen molar-refractivity contribution in [1.29, 1.82) is 0 Å². The molecule has 4 aromatic rings. The first kappa shape index (κ1) is 33.6. The number of hydrogen-bond acceptors (Lipinski definition) is 7. The number of aliphatic hydroxyl groups excluding tert-OH is 1. The van der Waals surface area contributed by atoms with Gasteiger partial charge in [-0.15, -0.1) is 5.10 Å². The second kappa shape index (κ2) is 13.1. The van der Waals surface area contributed by atoms with Gasteiger partial charge in [0.15, 0.2) is 5.60 Å². The van der Waals surface area contributed by atoms with Gasteiger partial charge in [-0.05, 0) is 60.0 Å². The molecule has 0 radical (unpaired) electrons. The number of hydrogen-bond donors (Lipinski definition) is 1. The molecular weight excluding hydrogens is 702 g/mol. The Kier molecular flexibility index (Phi) is 9.01. The molecule has 49 heavy (non-hydrogen) atoms. The summed E-state index contributed by atoms with van der Waals surface area (Å²) in [5.74, 6) is 0.729. The topological polar surface area (TPSA) is 110 Å². The van der Waals surface area contributed by atoms with E-state index in [2.05, 4.69) is 64.5 Å². The number of β-lactam (4-membered cyclic amide) rings is 1. The van der Waals surface area contributed by atoms with Gasteiger partial charge in [0.2, 0.25) is 5.91 Å². The highest BCUT2D eigenvalue weighted by Crippen LogP contribution is 2.60. The number of carbonyl (C=O) groups excluding carboxylic acids is 2. The minimum absolute atomic E-state index is 0.0163. The molecule has 7 rings (SSSR count). The quantitative estimate of drug-likeness (QED) is 0.167. The van der Waals surface area contributed by atoms with Gasteiger partial charge in [0, 0.05) is 60.4 Å². The molecule has 1 N–H and O–H groups in total. The molecule has 0 unspecified atom stereocenters. The predicted octanol–water partition coefficient (Wildman–Crippen LogP) is 5.17. The Morgan fingerprint density at radius 1 is 1.10 bits per heavy atom. The summed E-state index contributed by atoms with van der Waals surface area (Å²) in [6.45, 7) is 8.61. The van der Waals surface area contributed by atoms with Crippen molar-refractivity contribution in [2.75, 3.05) is 30.1 Å². The number of aliphatic hydroxyl groups is 1. The number of halogens is 1. The van der Waals surface area contributed by atoms with Crippen molar-refractivity contribution in [2.45, 2.75) is 69.6 Å². The van der Waals surface area contributed by atoms with Gasteiger partial charge in [0.25, 0.3) is 5.91 Å². The monoisotopic (exact) mass is 743 g/mol. The van der Waals surface area contributed by atoms with Crippen molar-refractivity contribution in [3.8, 4) is 5.75 Å². The van der Waals surface area contributed by atoms with Crippen molar-refractivity contribution in [3.05, 3.63) is 94.2 Å². The lowest BCUT2D eigenvalue weighted by Crippen LogP contribution is -2.51. The third-order valence-electron chi connectivity index (χ3n) is 10.8. The summed E-state index contributed by atoms with van der Waals surface area (Å²) in [5.41, 5.74) is 3.18. The lowest BCUT2D eigenvalue weighted by molar-refractivity contribution is -0.146. The van der Waals surface area contributed by atoms with Crippen LogP contribution in [-0.2, 0) is 39.4 Å². The Morgan fingerprint density at radius 3 is 2.59 bits per heavy atom. The van der Waals surface area contributed by atoms with Gasteiger partial charge in [-0.2, -0.15) is 0 Å². The molecule has 2 saturated heterocycles. The first-order chi connectivity index (χ1) is 23.6. The van der Waals surface area contributed by atoms with E-state index in [1.54, 1.807) is 12.0 Å². The lowest BCUT2D eigenvalue weighted by atomic mass is 9.82. The first-order valence-electron chi connectivity index (χ1n) is 16.9. The number of methoxy groups -OCH3 is 1. The van der Waals surface area contributed by atoms with E-state index in [0.29, 0.717) is 38.9 Å². The molecule has 12 heteroatoms. The Morgan fingerprint density at radius 2 is 1.90 bits per heavy atom. The molecule has 3 aliphatic heterocycles. The molecule has 10 nitrogen and oxygen atoms in total. The highest BCUT2D eigenvalue weighted by atomic mass is 79.9. The number of ether oxygens (including phenoxy) is 2. The van der Waals surface area contributed by atoms with E-state index in [1.165, 1.54) is 5.19 Å². The van der Waals surface area contributed by atoms with Crippen LogP contribution in [-0.4, -0.2) is 66.4 Å². The molecule has 0 saturated carbocycles. The van der Waals surface area contributed by atoms with Crippen molar-refractivity contribution in [3.63, 3.8) is 0 Å². The standard InChI is InChI=1S/C37H42BrN5O5Si/c1-24-35(49(3,4)30-11-9-29(47-2)10-12-30)33(14-17-41-23-27(16-19-44)39-40-41)48-37(24)31-21-26(38)8-13-32(31)43(36(37)46)22-25-6-5-7-28(20-25)42-18-15-34(42)45/h5-13,20-21,23-24,33,35,44H,14-19,22H2,1-4H3/t24-,33+,35-,37+/m1/s1. The second-order valence-electron chi connectivity index (χ2n) is 13.9. The molecule has 1 spiro atoms. The van der Waals surface area contributed by atoms with Crippen LogP contribution in [0.2, 0.25) is 18.6 Å². The van der Waals surface area contributed by atoms with Crippen LogP contribution >= 0.6 is 15.9 Å². The van der Waals surface area contributed by atoms with E-state index < -0.39 is 13.7 Å². The molecule has 3 aromatic carbocycles. The Bertz CT molecular complexity index is 1880. The zero-order valence-corrected chi connectivity index (χ0v) is 30.9. The van der Waals surface area contributed by atoms with Crippen LogP contribution in [0.15, 0.2) is 77.4 Å². The number of carbonyl (C=O) groups is 2. The molecule has 2 amide bonds. The lowest BCUT2D eigenvalue weighted by Gasteiger charge is -2.37. The molecule has 2 fully saturated rings. The van der Waals surface area contributed by atoms with Crippen LogP contribution in [0, 0.1) is 5.92 Å². The van der Waals surface area contributed by atoms with Gasteiger partial charge in [-0.3, -0.25) is 14.3 Å². The predicted molar refractivity (Wildman–Crippen MR) is 194 cm³/mol. The fourth-order valence-corrected chi connectivity index (χ4v) is 12.7. The molecular formula is C37H42BrN5O5Si. The van der Waals surface area contributed by atoms with E-state index in [9.17, 15) is 9.90 Å². The minimum atomic E-state index is -2.31. The largest absolute Gasteiger partial charge is 0.497 e. The van der Waals surface area contributed by atoms with Gasteiger partial charge in [-0.25, -0.2) is 0 Å². The SMILES string of the molecule is COc1ccc([Si](C)(C)[C@H]2[C@H](CCn3cc(CCO)nn3)O[C@@]3(C(=O)N(Cc4cccc(N5CCC5=O)c4)c4ccc(Br)cc43)[C@@H]2C)cc1. The van der Waals surface area contributed by atoms with E-state index in [-0.39, 0.29) is 36.0 Å². The maximum Gasteiger partial charge on any atom is 0.264 e. The Balaban J connectivity index is 1.27. The molecule has 3 aliphatic rings. The molecule has 0 aliphatic carbocycles. The van der Waals surface area contributed by atoms with Gasteiger partial charge in [0.1, 0.15) is 5.75 Å². The molecule has 1 aromatic heterocycles. The van der Waals surface area contributed by atoms with Crippen molar-refractivity contribution in [1.82, 2.24) is 15.0 Å². The van der Waals surface area contributed by atoms with Gasteiger partial charge < -0.3 is 24.4 Å². The van der Waals surface area contributed by atoms with Crippen LogP contribution < -0.4 is 19.7 Å². The minimum Gasteiger partial charge on any atom is -0.497 e. The highest BCUT2D eigenvalue weighted by molar-refractivity contribution is 9.10. The number of benzene rings is 3. The molecule has 0 bridgehead atoms. The Hall–Kier alpha value is -3.84. The van der Waals surface area contributed by atoms with Gasteiger partial charge in [0.05, 0.1) is 39.2 Å². The fraction of sp³-hybridized carbons (Fsp3) is 0.405. The summed E-state index contributed by atoms with van der Waals surface area (Å²) in [7, 11) is -0.636. The summed E-state index contributed by atoms with van der Waals surface area (Å²) >= 11 is 3.70. The maximum absolute atomic E-state index is 15.1. The van der Waals surface area contributed by atoms with E-state index in [4.69, 9.17) is 9.47 Å². The molecule has 4 heterocycles. The number of anilines is 2. The molecule has 256 valence electrons. The molecule has 4 atom stereocenters. The summed E-state index contributed by atoms with van der Waals surface area (Å²) < 4.78 is 15.5. The fourth-order valence-electron chi connectivity index (χ4n) is 8.24. The third kappa shape index (κ3) is 5.82. The summed E-state index contributed by atoms with van der Waals surface area (Å²) in [6, 6.07) is 22.3. The highest BCUT2D eigenvalue weighted by Gasteiger charge is 2.66. The van der Waals surface area contributed by atoms with Crippen LogP contribution in [0.5, 0.6) is 5.75 Å². The van der Waals surface area contributed by atoms with Crippen LogP contribution in [0.3, 0.4) is 0 Å². The number of fused-ring (bicyclic) bond motifs is 2.